The van der Waals surface area contributed by atoms with Crippen molar-refractivity contribution in [3.63, 3.8) is 0 Å². The Hall–Kier alpha value is -1.75. The van der Waals surface area contributed by atoms with Crippen LogP contribution >= 0.6 is 0 Å². The summed E-state index contributed by atoms with van der Waals surface area (Å²) in [7, 11) is 0. The maximum absolute atomic E-state index is 11.5. The average molecular weight is 216 g/mol. The Balaban J connectivity index is 2.64. The highest BCUT2D eigenvalue weighted by Gasteiger charge is 2.15. The molecule has 84 valence electrons. The van der Waals surface area contributed by atoms with Gasteiger partial charge in [0.2, 0.25) is 0 Å². The molecule has 0 aliphatic heterocycles. The van der Waals surface area contributed by atoms with Crippen LogP contribution < -0.4 is 0 Å². The molecule has 0 heterocycles. The molecule has 1 rings (SSSR count). The molecule has 0 spiro atoms. The minimum atomic E-state index is -0.248. The maximum Gasteiger partial charge on any atom is 0.307 e. The fourth-order valence-electron chi connectivity index (χ4n) is 1.44. The molecule has 16 heavy (non-hydrogen) atoms. The molecule has 1 unspecified atom stereocenters. The minimum absolute atomic E-state index is 0.0957. The Morgan fingerprint density at radius 2 is 2.00 bits per heavy atom. The summed E-state index contributed by atoms with van der Waals surface area (Å²) in [6.07, 6.45) is 5.57. The fourth-order valence-corrected chi connectivity index (χ4v) is 1.44. The van der Waals surface area contributed by atoms with Crippen LogP contribution in [0.2, 0.25) is 0 Å². The van der Waals surface area contributed by atoms with Crippen molar-refractivity contribution in [2.45, 2.75) is 32.3 Å². The smallest absolute Gasteiger partial charge is 0.307 e. The van der Waals surface area contributed by atoms with E-state index in [1.165, 1.54) is 0 Å². The van der Waals surface area contributed by atoms with Crippen molar-refractivity contribution in [3.05, 3.63) is 35.9 Å². The second-order valence-corrected chi connectivity index (χ2v) is 3.87. The first kappa shape index (κ1) is 12.3. The summed E-state index contributed by atoms with van der Waals surface area (Å²) in [5.74, 6) is 2.17. The first-order valence-electron chi connectivity index (χ1n) is 5.34. The summed E-state index contributed by atoms with van der Waals surface area (Å²) in [6.45, 7) is 3.65. The minimum Gasteiger partial charge on any atom is -0.463 e. The summed E-state index contributed by atoms with van der Waals surface area (Å²) in [6, 6.07) is 9.59. The summed E-state index contributed by atoms with van der Waals surface area (Å²) in [4.78, 5) is 11.5. The maximum atomic E-state index is 11.5. The van der Waals surface area contributed by atoms with E-state index >= 15 is 0 Å². The number of benzene rings is 1. The zero-order valence-corrected chi connectivity index (χ0v) is 9.64. The van der Waals surface area contributed by atoms with Crippen molar-refractivity contribution in [1.82, 2.24) is 0 Å². The third kappa shape index (κ3) is 3.78. The molecule has 1 aromatic rings. The van der Waals surface area contributed by atoms with Crippen molar-refractivity contribution in [2.75, 3.05) is 0 Å². The lowest BCUT2D eigenvalue weighted by atomic mass is 9.97. The molecule has 0 bridgehead atoms. The first-order valence-corrected chi connectivity index (χ1v) is 5.34. The van der Waals surface area contributed by atoms with Gasteiger partial charge in [-0.3, -0.25) is 4.79 Å². The zero-order valence-electron chi connectivity index (χ0n) is 9.64. The lowest BCUT2D eigenvalue weighted by molar-refractivity contribution is -0.147. The highest BCUT2D eigenvalue weighted by Crippen LogP contribution is 2.19. The molecule has 0 aliphatic carbocycles. The number of carbonyl (C=O) groups excluding carboxylic acids is 1. The van der Waals surface area contributed by atoms with Gasteiger partial charge in [-0.15, -0.1) is 6.42 Å². The summed E-state index contributed by atoms with van der Waals surface area (Å²) in [5.41, 5.74) is 0.978. The molecule has 0 fully saturated rings. The van der Waals surface area contributed by atoms with Gasteiger partial charge in [-0.25, -0.2) is 0 Å². The van der Waals surface area contributed by atoms with Gasteiger partial charge in [-0.05, 0) is 19.4 Å². The molecule has 2 nitrogen and oxygen atoms in total. The van der Waals surface area contributed by atoms with Crippen molar-refractivity contribution >= 4 is 5.97 Å². The molecule has 0 N–H and O–H groups in total. The number of ether oxygens (including phenoxy) is 1. The van der Waals surface area contributed by atoms with E-state index in [0.29, 0.717) is 0 Å². The number of hydrogen-bond acceptors (Lipinski definition) is 2. The Kier molecular flexibility index (Phi) is 4.60. The number of esters is 1. The van der Waals surface area contributed by atoms with Crippen molar-refractivity contribution in [1.29, 1.82) is 0 Å². The van der Waals surface area contributed by atoms with Gasteiger partial charge in [0.1, 0.15) is 0 Å². The van der Waals surface area contributed by atoms with Gasteiger partial charge in [0, 0.05) is 0 Å². The molecule has 0 aromatic heterocycles. The summed E-state index contributed by atoms with van der Waals surface area (Å²) < 4.78 is 5.07. The van der Waals surface area contributed by atoms with Crippen LogP contribution in [0.25, 0.3) is 0 Å². The molecule has 0 amide bonds. The molecule has 2 heteroatoms. The van der Waals surface area contributed by atoms with E-state index < -0.39 is 0 Å². The van der Waals surface area contributed by atoms with Crippen LogP contribution in [-0.2, 0) is 9.53 Å². The average Bonchev–Trinajstić information content (AvgIpc) is 2.26. The van der Waals surface area contributed by atoms with Crippen LogP contribution in [-0.4, -0.2) is 12.1 Å². The van der Waals surface area contributed by atoms with Gasteiger partial charge in [-0.2, -0.15) is 0 Å². The van der Waals surface area contributed by atoms with Gasteiger partial charge < -0.3 is 4.74 Å². The summed E-state index contributed by atoms with van der Waals surface area (Å²) >= 11 is 0. The molecule has 1 atom stereocenters. The lowest BCUT2D eigenvalue weighted by Gasteiger charge is -2.12. The standard InChI is InChI=1S/C14H16O2/c1-4-12(10-14(15)16-11(2)3)13-8-6-5-7-9-13/h1,5-9,11-12H,10H2,2-3H3. The zero-order chi connectivity index (χ0) is 12.0. The van der Waals surface area contributed by atoms with Crippen LogP contribution in [0.4, 0.5) is 0 Å². The van der Waals surface area contributed by atoms with E-state index in [1.54, 1.807) is 0 Å². The topological polar surface area (TPSA) is 26.3 Å². The molecule has 0 radical (unpaired) electrons. The molecular formula is C14H16O2. The third-order valence-corrected chi connectivity index (χ3v) is 2.14. The van der Waals surface area contributed by atoms with Crippen LogP contribution in [0.5, 0.6) is 0 Å². The molecule has 0 saturated carbocycles. The van der Waals surface area contributed by atoms with E-state index in [0.717, 1.165) is 5.56 Å². The highest BCUT2D eigenvalue weighted by atomic mass is 16.5. The molecule has 1 aromatic carbocycles. The van der Waals surface area contributed by atoms with Gasteiger partial charge in [0.25, 0.3) is 0 Å². The van der Waals surface area contributed by atoms with E-state index in [9.17, 15) is 4.79 Å². The lowest BCUT2D eigenvalue weighted by Crippen LogP contribution is -2.14. The van der Waals surface area contributed by atoms with Gasteiger partial charge in [-0.1, -0.05) is 36.3 Å². The Bertz CT molecular complexity index is 373. The van der Waals surface area contributed by atoms with Crippen LogP contribution in [0.3, 0.4) is 0 Å². The third-order valence-electron chi connectivity index (χ3n) is 2.14. The Morgan fingerprint density at radius 3 is 2.50 bits per heavy atom. The highest BCUT2D eigenvalue weighted by molar-refractivity contribution is 5.71. The van der Waals surface area contributed by atoms with Gasteiger partial charge in [0.15, 0.2) is 0 Å². The normalized spacial score (nSPS) is 11.9. The second kappa shape index (κ2) is 5.97. The van der Waals surface area contributed by atoms with E-state index in [4.69, 9.17) is 11.2 Å². The van der Waals surface area contributed by atoms with Crippen LogP contribution in [0.1, 0.15) is 31.7 Å². The first-order chi connectivity index (χ1) is 7.63. The second-order valence-electron chi connectivity index (χ2n) is 3.87. The van der Waals surface area contributed by atoms with Gasteiger partial charge in [0.05, 0.1) is 18.4 Å². The van der Waals surface area contributed by atoms with E-state index in [1.807, 2.05) is 44.2 Å². The Morgan fingerprint density at radius 1 is 1.38 bits per heavy atom. The van der Waals surface area contributed by atoms with E-state index in [2.05, 4.69) is 5.92 Å². The predicted octanol–water partition coefficient (Wildman–Crippen LogP) is 2.75. The Labute approximate surface area is 96.6 Å². The van der Waals surface area contributed by atoms with Crippen molar-refractivity contribution in [2.24, 2.45) is 0 Å². The van der Waals surface area contributed by atoms with Crippen LogP contribution in [0.15, 0.2) is 30.3 Å². The SMILES string of the molecule is C#CC(CC(=O)OC(C)C)c1ccccc1. The quantitative estimate of drug-likeness (QED) is 0.571. The predicted molar refractivity (Wildman–Crippen MR) is 63.9 cm³/mol. The monoisotopic (exact) mass is 216 g/mol. The van der Waals surface area contributed by atoms with E-state index in [-0.39, 0.29) is 24.4 Å². The molecule has 0 saturated heterocycles. The van der Waals surface area contributed by atoms with Crippen molar-refractivity contribution < 1.29 is 9.53 Å². The number of hydrogen-bond donors (Lipinski definition) is 0. The summed E-state index contributed by atoms with van der Waals surface area (Å²) in [5, 5.41) is 0. The number of carbonyl (C=O) groups is 1. The number of terminal acetylenes is 1. The number of rotatable bonds is 4. The molecule has 0 aliphatic rings. The fraction of sp³-hybridized carbons (Fsp3) is 0.357. The van der Waals surface area contributed by atoms with Crippen molar-refractivity contribution in [3.8, 4) is 12.3 Å². The molecular weight excluding hydrogens is 200 g/mol. The van der Waals surface area contributed by atoms with Gasteiger partial charge >= 0.3 is 5.97 Å². The largest absolute Gasteiger partial charge is 0.463 e. The van der Waals surface area contributed by atoms with Crippen LogP contribution in [0, 0.1) is 12.3 Å².